The third kappa shape index (κ3) is 4.14. The fourth-order valence-electron chi connectivity index (χ4n) is 3.49. The molecule has 1 fully saturated rings. The highest BCUT2D eigenvalue weighted by atomic mass is 32.2. The molecule has 0 amide bonds. The van der Waals surface area contributed by atoms with Gasteiger partial charge in [0.25, 0.3) is 0 Å². The molecule has 0 unspecified atom stereocenters. The highest BCUT2D eigenvalue weighted by Crippen LogP contribution is 2.35. The number of rotatable bonds is 4. The molecule has 0 saturated carbocycles. The Balaban J connectivity index is 1.60. The van der Waals surface area contributed by atoms with Gasteiger partial charge in [-0.2, -0.15) is 5.26 Å². The summed E-state index contributed by atoms with van der Waals surface area (Å²) < 4.78 is 0. The van der Waals surface area contributed by atoms with E-state index in [1.165, 1.54) is 11.8 Å². The first-order chi connectivity index (χ1) is 14.2. The SMILES string of the molecule is CCN1CCN(c2ncc(C)c(/C(C#N)=C3/NC(c4ccccc4)=CS3)n2)CC1. The maximum absolute atomic E-state index is 9.92. The molecule has 4 rings (SSSR count). The van der Waals surface area contributed by atoms with Gasteiger partial charge in [-0.1, -0.05) is 49.0 Å². The van der Waals surface area contributed by atoms with E-state index in [1.54, 1.807) is 0 Å². The Morgan fingerprint density at radius 3 is 2.66 bits per heavy atom. The van der Waals surface area contributed by atoms with Crippen molar-refractivity contribution in [3.63, 3.8) is 0 Å². The zero-order valence-corrected chi connectivity index (χ0v) is 17.5. The van der Waals surface area contributed by atoms with Gasteiger partial charge in [0.1, 0.15) is 11.6 Å². The van der Waals surface area contributed by atoms with Crippen LogP contribution in [0.5, 0.6) is 0 Å². The number of benzene rings is 1. The van der Waals surface area contributed by atoms with E-state index in [1.807, 2.05) is 36.7 Å². The molecule has 3 heterocycles. The average molecular weight is 405 g/mol. The van der Waals surface area contributed by atoms with Crippen molar-refractivity contribution in [3.05, 3.63) is 63.8 Å². The molecule has 1 aromatic carbocycles. The minimum atomic E-state index is 0.561. The van der Waals surface area contributed by atoms with Crippen LogP contribution in [0.4, 0.5) is 5.95 Å². The first-order valence-corrected chi connectivity index (χ1v) is 10.7. The standard InChI is InChI=1S/C22H24N6S/c1-3-27-9-11-28(12-10-27)22-24-14-16(2)20(26-22)18(13-23)21-25-19(15-29-21)17-7-5-4-6-8-17/h4-8,14-15,25H,3,9-12H2,1-2H3/b21-18-. The van der Waals surface area contributed by atoms with Gasteiger partial charge in [0.2, 0.25) is 5.95 Å². The maximum Gasteiger partial charge on any atom is 0.225 e. The van der Waals surface area contributed by atoms with Gasteiger partial charge in [-0.25, -0.2) is 9.97 Å². The topological polar surface area (TPSA) is 68.1 Å². The molecule has 0 spiro atoms. The lowest BCUT2D eigenvalue weighted by Gasteiger charge is -2.34. The minimum Gasteiger partial charge on any atom is -0.348 e. The Morgan fingerprint density at radius 2 is 1.97 bits per heavy atom. The molecule has 1 aromatic heterocycles. The number of likely N-dealkylation sites (N-methyl/N-ethyl adjacent to an activating group) is 1. The lowest BCUT2D eigenvalue weighted by molar-refractivity contribution is 0.270. The van der Waals surface area contributed by atoms with Crippen molar-refractivity contribution in [2.24, 2.45) is 0 Å². The monoisotopic (exact) mass is 404 g/mol. The van der Waals surface area contributed by atoms with Crippen molar-refractivity contribution in [1.82, 2.24) is 20.2 Å². The fraction of sp³-hybridized carbons (Fsp3) is 0.318. The molecular formula is C22H24N6S. The zero-order valence-electron chi connectivity index (χ0n) is 16.7. The van der Waals surface area contributed by atoms with Gasteiger partial charge < -0.3 is 15.1 Å². The van der Waals surface area contributed by atoms with Gasteiger partial charge in [-0.05, 0) is 24.6 Å². The molecule has 0 bridgehead atoms. The van der Waals surface area contributed by atoms with E-state index in [4.69, 9.17) is 4.98 Å². The van der Waals surface area contributed by atoms with Crippen LogP contribution < -0.4 is 10.2 Å². The average Bonchev–Trinajstić information content (AvgIpc) is 3.26. The molecule has 29 heavy (non-hydrogen) atoms. The van der Waals surface area contributed by atoms with Crippen LogP contribution in [0.25, 0.3) is 11.3 Å². The first-order valence-electron chi connectivity index (χ1n) is 9.84. The van der Waals surface area contributed by atoms with E-state index in [2.05, 4.69) is 45.2 Å². The van der Waals surface area contributed by atoms with Gasteiger partial charge in [0.15, 0.2) is 0 Å². The maximum atomic E-state index is 9.92. The quantitative estimate of drug-likeness (QED) is 0.783. The summed E-state index contributed by atoms with van der Waals surface area (Å²) in [4.78, 5) is 14.0. The number of piperazine rings is 1. The second-order valence-corrected chi connectivity index (χ2v) is 7.96. The Bertz CT molecular complexity index is 984. The Labute approximate surface area is 176 Å². The van der Waals surface area contributed by atoms with Crippen LogP contribution in [-0.2, 0) is 0 Å². The second-order valence-electron chi connectivity index (χ2n) is 7.08. The summed E-state index contributed by atoms with van der Waals surface area (Å²) >= 11 is 1.53. The third-order valence-electron chi connectivity index (χ3n) is 5.26. The molecule has 2 aliphatic rings. The van der Waals surface area contributed by atoms with E-state index in [-0.39, 0.29) is 0 Å². The van der Waals surface area contributed by atoms with Crippen LogP contribution >= 0.6 is 11.8 Å². The molecule has 1 saturated heterocycles. The smallest absolute Gasteiger partial charge is 0.225 e. The van der Waals surface area contributed by atoms with Crippen LogP contribution in [0.1, 0.15) is 23.7 Å². The van der Waals surface area contributed by atoms with Crippen LogP contribution in [0, 0.1) is 18.3 Å². The number of anilines is 1. The third-order valence-corrected chi connectivity index (χ3v) is 6.16. The van der Waals surface area contributed by atoms with Crippen molar-refractivity contribution in [2.45, 2.75) is 13.8 Å². The Hall–Kier alpha value is -2.82. The Kier molecular flexibility index (Phi) is 5.84. The summed E-state index contributed by atoms with van der Waals surface area (Å²) in [7, 11) is 0. The summed E-state index contributed by atoms with van der Waals surface area (Å²) in [6.07, 6.45) is 1.83. The number of nitrogens with zero attached hydrogens (tertiary/aromatic N) is 5. The molecule has 7 heteroatoms. The number of aryl methyl sites for hydroxylation is 1. The van der Waals surface area contributed by atoms with Crippen molar-refractivity contribution in [1.29, 1.82) is 5.26 Å². The van der Waals surface area contributed by atoms with Crippen molar-refractivity contribution < 1.29 is 0 Å². The molecule has 6 nitrogen and oxygen atoms in total. The van der Waals surface area contributed by atoms with E-state index < -0.39 is 0 Å². The van der Waals surface area contributed by atoms with Gasteiger partial charge >= 0.3 is 0 Å². The number of nitrogens with one attached hydrogen (secondary N) is 1. The molecule has 0 atom stereocenters. The van der Waals surface area contributed by atoms with Crippen LogP contribution in [-0.4, -0.2) is 47.6 Å². The van der Waals surface area contributed by atoms with E-state index in [0.717, 1.165) is 54.6 Å². The van der Waals surface area contributed by atoms with Crippen molar-refractivity contribution in [3.8, 4) is 6.07 Å². The Morgan fingerprint density at radius 1 is 1.21 bits per heavy atom. The van der Waals surface area contributed by atoms with Crippen LogP contribution in [0.3, 0.4) is 0 Å². The number of aromatic nitrogens is 2. The van der Waals surface area contributed by atoms with E-state index >= 15 is 0 Å². The summed E-state index contributed by atoms with van der Waals surface area (Å²) in [5, 5.41) is 16.2. The van der Waals surface area contributed by atoms with Gasteiger partial charge in [-0.3, -0.25) is 0 Å². The van der Waals surface area contributed by atoms with Crippen molar-refractivity contribution >= 4 is 29.0 Å². The molecule has 2 aromatic rings. The normalized spacial score (nSPS) is 18.8. The molecular weight excluding hydrogens is 380 g/mol. The number of hydrogen-bond donors (Lipinski definition) is 1. The predicted octanol–water partition coefficient (Wildman–Crippen LogP) is 3.45. The van der Waals surface area contributed by atoms with Crippen molar-refractivity contribution in [2.75, 3.05) is 37.6 Å². The summed E-state index contributed by atoms with van der Waals surface area (Å²) in [6.45, 7) is 9.04. The highest BCUT2D eigenvalue weighted by Gasteiger charge is 2.22. The number of thioether (sulfide) groups is 1. The van der Waals surface area contributed by atoms with E-state index in [0.29, 0.717) is 17.2 Å². The molecule has 1 N–H and O–H groups in total. The largest absolute Gasteiger partial charge is 0.348 e. The second kappa shape index (κ2) is 8.68. The predicted molar refractivity (Wildman–Crippen MR) is 119 cm³/mol. The van der Waals surface area contributed by atoms with Crippen LogP contribution in [0.15, 0.2) is 47.0 Å². The molecule has 0 aliphatic carbocycles. The molecule has 2 aliphatic heterocycles. The lowest BCUT2D eigenvalue weighted by atomic mass is 10.1. The van der Waals surface area contributed by atoms with E-state index in [9.17, 15) is 5.26 Å². The summed E-state index contributed by atoms with van der Waals surface area (Å²) in [6, 6.07) is 12.5. The number of nitriles is 1. The highest BCUT2D eigenvalue weighted by molar-refractivity contribution is 8.06. The summed E-state index contributed by atoms with van der Waals surface area (Å²) in [5.41, 5.74) is 4.27. The summed E-state index contributed by atoms with van der Waals surface area (Å²) in [5.74, 6) is 0.703. The first kappa shape index (κ1) is 19.5. The lowest BCUT2D eigenvalue weighted by Crippen LogP contribution is -2.46. The number of allylic oxidation sites excluding steroid dienone is 1. The number of hydrogen-bond acceptors (Lipinski definition) is 7. The van der Waals surface area contributed by atoms with Gasteiger partial charge in [0, 0.05) is 37.8 Å². The minimum absolute atomic E-state index is 0.561. The fourth-order valence-corrected chi connectivity index (χ4v) is 4.35. The zero-order chi connectivity index (χ0) is 20.2. The molecule has 0 radical (unpaired) electrons. The van der Waals surface area contributed by atoms with Gasteiger partial charge in [0.05, 0.1) is 16.4 Å². The van der Waals surface area contributed by atoms with Gasteiger partial charge in [-0.15, -0.1) is 0 Å². The molecule has 148 valence electrons. The van der Waals surface area contributed by atoms with Crippen LogP contribution in [0.2, 0.25) is 0 Å².